The summed E-state index contributed by atoms with van der Waals surface area (Å²) in [6.45, 7) is 1.36. The van der Waals surface area contributed by atoms with Gasteiger partial charge in [0.2, 0.25) is 0 Å². The van der Waals surface area contributed by atoms with Crippen molar-refractivity contribution in [1.82, 2.24) is 0 Å². The number of phenols is 1. The zero-order valence-corrected chi connectivity index (χ0v) is 7.22. The number of Topliss-reactive ketones (excluding diaryl/α,β-unsaturated/α-hetero) is 1. The second-order valence-electron chi connectivity index (χ2n) is 2.45. The molecule has 0 fully saturated rings. The maximum Gasteiger partial charge on any atom is 0.161 e. The highest BCUT2D eigenvalue weighted by atomic mass is 35.5. The summed E-state index contributed by atoms with van der Waals surface area (Å²) in [4.78, 5) is 10.9. The Morgan fingerprint density at radius 2 is 2.17 bits per heavy atom. The minimum Gasteiger partial charge on any atom is -0.508 e. The topological polar surface area (TPSA) is 63.3 Å². The molecule has 0 atom stereocenters. The molecular formula is C8H8ClNO2. The Bertz CT molecular complexity index is 336. The van der Waals surface area contributed by atoms with Gasteiger partial charge in [-0.3, -0.25) is 4.79 Å². The molecule has 1 rings (SSSR count). The Labute approximate surface area is 74.8 Å². The van der Waals surface area contributed by atoms with Gasteiger partial charge in [0.25, 0.3) is 0 Å². The molecular weight excluding hydrogens is 178 g/mol. The first-order chi connectivity index (χ1) is 5.52. The van der Waals surface area contributed by atoms with E-state index >= 15 is 0 Å². The third-order valence-corrected chi connectivity index (χ3v) is 1.89. The number of phenolic OH excluding ortho intramolecular Hbond substituents is 1. The zero-order valence-electron chi connectivity index (χ0n) is 6.47. The van der Waals surface area contributed by atoms with Crippen LogP contribution < -0.4 is 5.73 Å². The van der Waals surface area contributed by atoms with Crippen molar-refractivity contribution < 1.29 is 9.90 Å². The highest BCUT2D eigenvalue weighted by Gasteiger charge is 2.09. The number of nitrogens with two attached hydrogens (primary N) is 1. The van der Waals surface area contributed by atoms with Gasteiger partial charge in [-0.25, -0.2) is 0 Å². The molecule has 12 heavy (non-hydrogen) atoms. The van der Waals surface area contributed by atoms with Crippen molar-refractivity contribution >= 4 is 23.1 Å². The van der Waals surface area contributed by atoms with E-state index in [9.17, 15) is 4.79 Å². The van der Waals surface area contributed by atoms with Crippen molar-refractivity contribution in [2.75, 3.05) is 5.73 Å². The summed E-state index contributed by atoms with van der Waals surface area (Å²) in [6, 6.07) is 2.59. The van der Waals surface area contributed by atoms with E-state index in [1.54, 1.807) is 0 Å². The first-order valence-electron chi connectivity index (χ1n) is 3.31. The van der Waals surface area contributed by atoms with E-state index in [4.69, 9.17) is 22.4 Å². The van der Waals surface area contributed by atoms with Crippen LogP contribution in [0.4, 0.5) is 5.69 Å². The fourth-order valence-corrected chi connectivity index (χ4v) is 1.13. The molecule has 0 saturated carbocycles. The molecule has 0 aliphatic carbocycles. The molecule has 3 N–H and O–H groups in total. The van der Waals surface area contributed by atoms with E-state index in [0.717, 1.165) is 0 Å². The van der Waals surface area contributed by atoms with Crippen molar-refractivity contribution in [3.63, 3.8) is 0 Å². The molecule has 0 saturated heterocycles. The van der Waals surface area contributed by atoms with Crippen molar-refractivity contribution in [3.05, 3.63) is 22.7 Å². The van der Waals surface area contributed by atoms with Crippen molar-refractivity contribution in [2.45, 2.75) is 6.92 Å². The predicted octanol–water partition coefficient (Wildman–Crippen LogP) is 1.83. The van der Waals surface area contributed by atoms with Gasteiger partial charge in [0, 0.05) is 11.6 Å². The number of halogens is 1. The lowest BCUT2D eigenvalue weighted by molar-refractivity contribution is 0.101. The smallest absolute Gasteiger partial charge is 0.161 e. The maximum absolute atomic E-state index is 10.9. The molecule has 0 spiro atoms. The summed E-state index contributed by atoms with van der Waals surface area (Å²) < 4.78 is 0. The molecule has 64 valence electrons. The normalized spacial score (nSPS) is 9.83. The molecule has 0 heterocycles. The highest BCUT2D eigenvalue weighted by Crippen LogP contribution is 2.28. The number of hydrogen-bond acceptors (Lipinski definition) is 3. The lowest BCUT2D eigenvalue weighted by Gasteiger charge is -2.03. The van der Waals surface area contributed by atoms with Gasteiger partial charge < -0.3 is 10.8 Å². The number of carbonyl (C=O) groups is 1. The monoisotopic (exact) mass is 185 g/mol. The molecule has 4 heteroatoms. The summed E-state index contributed by atoms with van der Waals surface area (Å²) in [5.74, 6) is -0.273. The van der Waals surface area contributed by atoms with Gasteiger partial charge >= 0.3 is 0 Å². The number of nitrogen functional groups attached to an aromatic ring is 1. The Balaban J connectivity index is 3.37. The van der Waals surface area contributed by atoms with Crippen LogP contribution in [0.2, 0.25) is 5.02 Å². The van der Waals surface area contributed by atoms with Gasteiger partial charge in [-0.1, -0.05) is 11.6 Å². The SMILES string of the molecule is CC(=O)c1cc(O)cc(N)c1Cl. The number of ketones is 1. The summed E-state index contributed by atoms with van der Waals surface area (Å²) in [5, 5.41) is 9.27. The largest absolute Gasteiger partial charge is 0.508 e. The van der Waals surface area contributed by atoms with E-state index in [1.165, 1.54) is 19.1 Å². The Morgan fingerprint density at radius 3 is 2.67 bits per heavy atom. The molecule has 3 nitrogen and oxygen atoms in total. The molecule has 0 unspecified atom stereocenters. The minimum atomic E-state index is -0.220. The fraction of sp³-hybridized carbons (Fsp3) is 0.125. The van der Waals surface area contributed by atoms with Crippen LogP contribution in [0.15, 0.2) is 12.1 Å². The van der Waals surface area contributed by atoms with Crippen molar-refractivity contribution in [1.29, 1.82) is 0 Å². The molecule has 0 bridgehead atoms. The Hall–Kier alpha value is -1.22. The zero-order chi connectivity index (χ0) is 9.30. The number of benzene rings is 1. The molecule has 0 amide bonds. The van der Waals surface area contributed by atoms with Gasteiger partial charge in [0.1, 0.15) is 5.75 Å². The van der Waals surface area contributed by atoms with Crippen LogP contribution in [0.3, 0.4) is 0 Å². The van der Waals surface area contributed by atoms with E-state index < -0.39 is 0 Å². The van der Waals surface area contributed by atoms with Crippen LogP contribution in [0.25, 0.3) is 0 Å². The summed E-state index contributed by atoms with van der Waals surface area (Å²) >= 11 is 5.70. The van der Waals surface area contributed by atoms with E-state index in [1.807, 2.05) is 0 Å². The Morgan fingerprint density at radius 1 is 1.58 bits per heavy atom. The highest BCUT2D eigenvalue weighted by molar-refractivity contribution is 6.36. The molecule has 1 aromatic rings. The number of anilines is 1. The number of aromatic hydroxyl groups is 1. The van der Waals surface area contributed by atoms with Crippen LogP contribution in [0, 0.1) is 0 Å². The van der Waals surface area contributed by atoms with Crippen LogP contribution in [-0.2, 0) is 0 Å². The van der Waals surface area contributed by atoms with Crippen LogP contribution in [0.1, 0.15) is 17.3 Å². The van der Waals surface area contributed by atoms with Crippen molar-refractivity contribution in [2.24, 2.45) is 0 Å². The van der Waals surface area contributed by atoms with E-state index in [-0.39, 0.29) is 27.8 Å². The van der Waals surface area contributed by atoms with Crippen LogP contribution in [-0.4, -0.2) is 10.9 Å². The van der Waals surface area contributed by atoms with E-state index in [2.05, 4.69) is 0 Å². The second kappa shape index (κ2) is 3.03. The Kier molecular flexibility index (Phi) is 2.24. The molecule has 0 radical (unpaired) electrons. The average molecular weight is 186 g/mol. The summed E-state index contributed by atoms with van der Waals surface area (Å²) in [5.41, 5.74) is 5.87. The molecule has 1 aromatic carbocycles. The summed E-state index contributed by atoms with van der Waals surface area (Å²) in [7, 11) is 0. The second-order valence-corrected chi connectivity index (χ2v) is 2.83. The third kappa shape index (κ3) is 1.51. The van der Waals surface area contributed by atoms with Crippen LogP contribution >= 0.6 is 11.6 Å². The quantitative estimate of drug-likeness (QED) is 0.518. The standard InChI is InChI=1S/C8H8ClNO2/c1-4(11)6-2-5(12)3-7(10)8(6)9/h2-3,12H,10H2,1H3. The molecule has 0 aliphatic heterocycles. The van der Waals surface area contributed by atoms with Gasteiger partial charge in [0.05, 0.1) is 10.7 Å². The predicted molar refractivity (Wildman–Crippen MR) is 47.5 cm³/mol. The van der Waals surface area contributed by atoms with E-state index in [0.29, 0.717) is 0 Å². The van der Waals surface area contributed by atoms with Gasteiger partial charge in [-0.15, -0.1) is 0 Å². The molecule has 0 aliphatic rings. The first kappa shape index (κ1) is 8.87. The minimum absolute atomic E-state index is 0.0536. The lowest BCUT2D eigenvalue weighted by atomic mass is 10.1. The number of hydrogen-bond donors (Lipinski definition) is 2. The fourth-order valence-electron chi connectivity index (χ4n) is 0.887. The van der Waals surface area contributed by atoms with Gasteiger partial charge in [0.15, 0.2) is 5.78 Å². The first-order valence-corrected chi connectivity index (χ1v) is 3.69. The lowest BCUT2D eigenvalue weighted by Crippen LogP contribution is -1.96. The summed E-state index contributed by atoms with van der Waals surface area (Å²) in [6.07, 6.45) is 0. The van der Waals surface area contributed by atoms with Crippen molar-refractivity contribution in [3.8, 4) is 5.75 Å². The maximum atomic E-state index is 10.9. The molecule has 0 aromatic heterocycles. The van der Waals surface area contributed by atoms with Crippen LogP contribution in [0.5, 0.6) is 5.75 Å². The third-order valence-electron chi connectivity index (χ3n) is 1.46. The van der Waals surface area contributed by atoms with Gasteiger partial charge in [-0.2, -0.15) is 0 Å². The average Bonchev–Trinajstić information content (AvgIpc) is 1.96. The van der Waals surface area contributed by atoms with Gasteiger partial charge in [-0.05, 0) is 13.0 Å². The number of rotatable bonds is 1. The number of carbonyl (C=O) groups excluding carboxylic acids is 1.